The Hall–Kier alpha value is -9.36. The van der Waals surface area contributed by atoms with Crippen LogP contribution in [0.4, 0.5) is 11.6 Å². The highest BCUT2D eigenvalue weighted by atomic mass is 16.5. The zero-order valence-electron chi connectivity index (χ0n) is 44.1. The normalized spacial score (nSPS) is 16.2. The van der Waals surface area contributed by atoms with Gasteiger partial charge < -0.3 is 47.1 Å². The van der Waals surface area contributed by atoms with E-state index >= 15 is 0 Å². The zero-order chi connectivity index (χ0) is 55.0. The lowest BCUT2D eigenvalue weighted by molar-refractivity contribution is 0.0778. The standard InChI is InChI=1S/C33H37N7O3.C27H26N6O3/c1-39-19-27(18-37-39)26-16-30(31(34)36-17-26)32(41)38-28-12-15-40(20-28)33(42)25-4-2-23(3-5-25)24-6-8-29(9-7-24)43-21-22-10-13-35-14-11-22;1-32-15-21(14-30-32)20-12-24(25(28)29-13-20)26(35)31-22-10-11-33(16-22)27(36)19-4-2-17(3-5-19)18-6-8-23(34)9-7-18/h2-9,16-19,22,28,35H,10-15,20-21H2,1H3,(H2,34,36)(H,38,41);2-9,12-15,22,34H,10-11,16H2,1H3,(H2,28,29)(H,31,35)/t28-;22-/m11/s1. The zero-order valence-corrected chi connectivity index (χ0v) is 44.1. The quantitative estimate of drug-likeness (QED) is 0.0693. The number of pyridine rings is 2. The number of phenols is 1. The number of amides is 4. The SMILES string of the molecule is Cn1cc(-c2cnc(N)c(C(=O)N[C@@H]3CCN(C(=O)c4ccc(-c5ccc(O)cc5)cc4)C3)c2)cn1.Cn1cc(-c2cnc(N)c(C(=O)N[C@@H]3CCN(C(=O)c4ccc(-c5ccc(OCC6CCNCC6)cc5)cc4)C3)c2)cn1. The van der Waals surface area contributed by atoms with E-state index in [-0.39, 0.29) is 53.1 Å². The second-order valence-corrected chi connectivity index (χ2v) is 20.3. The lowest BCUT2D eigenvalue weighted by atomic mass is 9.99. The van der Waals surface area contributed by atoms with Gasteiger partial charge in [-0.2, -0.15) is 10.2 Å². The summed E-state index contributed by atoms with van der Waals surface area (Å²) in [5.74, 6) is 1.26. The number of benzene rings is 4. The van der Waals surface area contributed by atoms with Gasteiger partial charge in [0, 0.05) is 111 Å². The molecule has 8 N–H and O–H groups in total. The number of phenolic OH excluding ortho intramolecular Hbond substituents is 1. The number of rotatable bonds is 13. The summed E-state index contributed by atoms with van der Waals surface area (Å²) in [6.07, 6.45) is 14.0. The molecule has 0 bridgehead atoms. The highest BCUT2D eigenvalue weighted by Gasteiger charge is 2.31. The predicted molar refractivity (Wildman–Crippen MR) is 302 cm³/mol. The number of hydrogen-bond acceptors (Lipinski definition) is 13. The molecule has 3 aliphatic rings. The van der Waals surface area contributed by atoms with Crippen LogP contribution in [0.5, 0.6) is 11.5 Å². The Morgan fingerprint density at radius 2 is 0.987 bits per heavy atom. The highest BCUT2D eigenvalue weighted by molar-refractivity contribution is 6.01. The molecule has 3 saturated heterocycles. The number of nitrogen functional groups attached to an aromatic ring is 2. The van der Waals surface area contributed by atoms with Gasteiger partial charge in [0.25, 0.3) is 23.6 Å². The third kappa shape index (κ3) is 12.9. The number of likely N-dealkylation sites (tertiary alicyclic amines) is 2. The van der Waals surface area contributed by atoms with E-state index in [0.717, 1.165) is 82.8 Å². The van der Waals surface area contributed by atoms with Gasteiger partial charge in [-0.1, -0.05) is 48.5 Å². The summed E-state index contributed by atoms with van der Waals surface area (Å²) >= 11 is 0. The van der Waals surface area contributed by atoms with E-state index < -0.39 is 0 Å². The van der Waals surface area contributed by atoms with E-state index in [0.29, 0.717) is 67.2 Å². The minimum absolute atomic E-state index is 0.0512. The molecule has 19 heteroatoms. The van der Waals surface area contributed by atoms with E-state index in [1.807, 2.05) is 87.2 Å². The molecule has 4 aromatic heterocycles. The Balaban J connectivity index is 0.000000181. The number of aryl methyl sites for hydroxylation is 2. The molecule has 11 rings (SSSR count). The summed E-state index contributed by atoms with van der Waals surface area (Å²) in [7, 11) is 3.65. The van der Waals surface area contributed by atoms with E-state index in [9.17, 15) is 24.3 Å². The molecule has 4 amide bonds. The fourth-order valence-corrected chi connectivity index (χ4v) is 10.1. The fourth-order valence-electron chi connectivity index (χ4n) is 10.1. The van der Waals surface area contributed by atoms with Crippen molar-refractivity contribution < 1.29 is 29.0 Å². The number of carbonyl (C=O) groups is 4. The van der Waals surface area contributed by atoms with Crippen molar-refractivity contribution >= 4 is 35.3 Å². The van der Waals surface area contributed by atoms with Gasteiger partial charge in [-0.3, -0.25) is 28.5 Å². The number of anilines is 2. The number of hydrogen-bond donors (Lipinski definition) is 6. The minimum Gasteiger partial charge on any atom is -0.508 e. The molecule has 4 aromatic carbocycles. The maximum Gasteiger partial charge on any atom is 0.255 e. The molecule has 3 fully saturated rings. The van der Waals surface area contributed by atoms with Crippen LogP contribution < -0.4 is 32.2 Å². The number of nitrogens with zero attached hydrogens (tertiary/aromatic N) is 8. The average Bonchev–Trinajstić information content (AvgIpc) is 4.35. The summed E-state index contributed by atoms with van der Waals surface area (Å²) in [6.45, 7) is 4.85. The molecule has 3 aliphatic heterocycles. The molecule has 0 spiro atoms. The van der Waals surface area contributed by atoms with Crippen molar-refractivity contribution in [3.05, 3.63) is 169 Å². The largest absolute Gasteiger partial charge is 0.508 e. The van der Waals surface area contributed by atoms with Gasteiger partial charge in [0.2, 0.25) is 0 Å². The summed E-state index contributed by atoms with van der Waals surface area (Å²) in [5, 5.41) is 27.2. The van der Waals surface area contributed by atoms with Crippen LogP contribution in [0.15, 0.2) is 146 Å². The molecule has 404 valence electrons. The lowest BCUT2D eigenvalue weighted by Crippen LogP contribution is -2.38. The molecule has 2 atom stereocenters. The molecule has 0 saturated carbocycles. The second kappa shape index (κ2) is 23.9. The first-order valence-corrected chi connectivity index (χ1v) is 26.4. The van der Waals surface area contributed by atoms with Gasteiger partial charge in [-0.05, 0) is 128 Å². The summed E-state index contributed by atoms with van der Waals surface area (Å²) in [6, 6.07) is 33.2. The molecule has 0 aliphatic carbocycles. The molecular formula is C60H63N13O6. The van der Waals surface area contributed by atoms with Crippen LogP contribution in [0, 0.1) is 5.92 Å². The Bertz CT molecular complexity index is 3450. The third-order valence-corrected chi connectivity index (χ3v) is 14.6. The average molecular weight is 1060 g/mol. The molecule has 0 radical (unpaired) electrons. The van der Waals surface area contributed by atoms with Crippen molar-refractivity contribution in [2.24, 2.45) is 20.0 Å². The first-order valence-electron chi connectivity index (χ1n) is 26.4. The van der Waals surface area contributed by atoms with Crippen LogP contribution in [-0.4, -0.2) is 126 Å². The summed E-state index contributed by atoms with van der Waals surface area (Å²) in [5.41, 5.74) is 21.1. The fraction of sp³-hybridized carbons (Fsp3) is 0.267. The number of nitrogens with two attached hydrogens (primary N) is 2. The van der Waals surface area contributed by atoms with Gasteiger partial charge >= 0.3 is 0 Å². The molecule has 8 aromatic rings. The molecular weight excluding hydrogens is 999 g/mol. The van der Waals surface area contributed by atoms with Crippen LogP contribution in [0.3, 0.4) is 0 Å². The minimum atomic E-state index is -0.316. The number of nitrogens with one attached hydrogen (secondary N) is 3. The Morgan fingerprint density at radius 3 is 1.41 bits per heavy atom. The van der Waals surface area contributed by atoms with Crippen molar-refractivity contribution in [1.82, 2.24) is 55.3 Å². The van der Waals surface area contributed by atoms with Crippen LogP contribution in [0.25, 0.3) is 44.5 Å². The summed E-state index contributed by atoms with van der Waals surface area (Å²) in [4.78, 5) is 64.3. The van der Waals surface area contributed by atoms with Crippen molar-refractivity contribution in [2.75, 3.05) is 57.3 Å². The topological polar surface area (TPSA) is 254 Å². The highest BCUT2D eigenvalue weighted by Crippen LogP contribution is 2.28. The predicted octanol–water partition coefficient (Wildman–Crippen LogP) is 6.84. The van der Waals surface area contributed by atoms with Crippen LogP contribution >= 0.6 is 0 Å². The van der Waals surface area contributed by atoms with Crippen molar-refractivity contribution in [3.63, 3.8) is 0 Å². The number of aromatic hydroxyl groups is 1. The number of carbonyl (C=O) groups excluding carboxylic acids is 4. The Labute approximate surface area is 457 Å². The van der Waals surface area contributed by atoms with E-state index in [1.54, 1.807) is 80.3 Å². The monoisotopic (exact) mass is 1060 g/mol. The van der Waals surface area contributed by atoms with E-state index in [2.05, 4.69) is 48.2 Å². The van der Waals surface area contributed by atoms with E-state index in [1.165, 1.54) is 0 Å². The smallest absolute Gasteiger partial charge is 0.255 e. The lowest BCUT2D eigenvalue weighted by Gasteiger charge is -2.22. The molecule has 79 heavy (non-hydrogen) atoms. The number of piperidine rings is 1. The molecule has 7 heterocycles. The van der Waals surface area contributed by atoms with Crippen LogP contribution in [-0.2, 0) is 14.1 Å². The first-order chi connectivity index (χ1) is 38.3. The van der Waals surface area contributed by atoms with Gasteiger partial charge in [0.1, 0.15) is 23.1 Å². The molecule has 0 unspecified atom stereocenters. The number of ether oxygens (including phenoxy) is 1. The van der Waals surface area contributed by atoms with Crippen molar-refractivity contribution in [3.8, 4) is 56.0 Å². The van der Waals surface area contributed by atoms with Gasteiger partial charge in [-0.15, -0.1) is 0 Å². The first kappa shape index (κ1) is 53.1. The van der Waals surface area contributed by atoms with Gasteiger partial charge in [0.15, 0.2) is 0 Å². The second-order valence-electron chi connectivity index (χ2n) is 20.3. The maximum absolute atomic E-state index is 13.3. The molecule has 19 nitrogen and oxygen atoms in total. The van der Waals surface area contributed by atoms with Crippen molar-refractivity contribution in [2.45, 2.75) is 37.8 Å². The van der Waals surface area contributed by atoms with E-state index in [4.69, 9.17) is 16.2 Å². The van der Waals surface area contributed by atoms with Crippen molar-refractivity contribution in [1.29, 1.82) is 0 Å². The maximum atomic E-state index is 13.3. The van der Waals surface area contributed by atoms with Crippen LogP contribution in [0.2, 0.25) is 0 Å². The number of aromatic nitrogens is 6. The Kier molecular flexibility index (Phi) is 16.0. The van der Waals surface area contributed by atoms with Gasteiger partial charge in [0.05, 0.1) is 30.1 Å². The van der Waals surface area contributed by atoms with Gasteiger partial charge in [-0.25, -0.2) is 9.97 Å². The third-order valence-electron chi connectivity index (χ3n) is 14.6. The van der Waals surface area contributed by atoms with Crippen LogP contribution in [0.1, 0.15) is 67.1 Å². The summed E-state index contributed by atoms with van der Waals surface area (Å²) < 4.78 is 9.38. The Morgan fingerprint density at radius 1 is 0.570 bits per heavy atom.